The van der Waals surface area contributed by atoms with Gasteiger partial charge < -0.3 is 9.30 Å². The van der Waals surface area contributed by atoms with Gasteiger partial charge in [-0.1, -0.05) is 31.3 Å². The molecule has 2 rings (SSSR count). The lowest BCUT2D eigenvalue weighted by Gasteiger charge is -2.05. The average molecular weight is 320 g/mol. The fourth-order valence-electron chi connectivity index (χ4n) is 2.10. The molecule has 6 heteroatoms. The van der Waals surface area contributed by atoms with Gasteiger partial charge in [-0.3, -0.25) is 9.59 Å². The van der Waals surface area contributed by atoms with E-state index in [0.717, 1.165) is 16.6 Å². The summed E-state index contributed by atoms with van der Waals surface area (Å²) in [4.78, 5) is 28.1. The van der Waals surface area contributed by atoms with Gasteiger partial charge in [-0.05, 0) is 31.0 Å². The monoisotopic (exact) mass is 320 g/mol. The molecule has 0 saturated heterocycles. The van der Waals surface area contributed by atoms with Crippen LogP contribution in [0.5, 0.6) is 0 Å². The molecule has 1 aromatic heterocycles. The smallest absolute Gasteiger partial charge is 0.326 e. The van der Waals surface area contributed by atoms with Crippen molar-refractivity contribution in [3.8, 4) is 0 Å². The lowest BCUT2D eigenvalue weighted by Crippen LogP contribution is -2.23. The molecule has 0 unspecified atom stereocenters. The van der Waals surface area contributed by atoms with E-state index < -0.39 is 0 Å². The van der Waals surface area contributed by atoms with E-state index in [1.165, 1.54) is 16.9 Å². The highest BCUT2D eigenvalue weighted by atomic mass is 32.1. The number of carbonyl (C=O) groups is 2. The number of benzene rings is 1. The zero-order chi connectivity index (χ0) is 16.1. The number of hydrogen-bond acceptors (Lipinski definition) is 4. The molecule has 1 amide bonds. The van der Waals surface area contributed by atoms with Crippen molar-refractivity contribution < 1.29 is 14.3 Å². The van der Waals surface area contributed by atoms with Crippen LogP contribution >= 0.6 is 11.3 Å². The second-order valence-electron chi connectivity index (χ2n) is 4.79. The number of hydrogen-bond donors (Lipinski definition) is 0. The molecule has 0 aliphatic rings. The van der Waals surface area contributed by atoms with Gasteiger partial charge in [0.2, 0.25) is 5.91 Å². The normalized spacial score (nSPS) is 11.9. The minimum Gasteiger partial charge on any atom is -0.465 e. The Bertz CT molecular complexity index is 758. The maximum absolute atomic E-state index is 11.8. The van der Waals surface area contributed by atoms with Crippen molar-refractivity contribution in [1.82, 2.24) is 4.57 Å². The summed E-state index contributed by atoms with van der Waals surface area (Å²) in [5, 5.41) is 0. The SMILES string of the molecule is CCOC(=O)Cn1c(=NC(=O)CC)sc2cc(CC)ccc21. The van der Waals surface area contributed by atoms with Gasteiger partial charge in [0.25, 0.3) is 0 Å². The number of thiazole rings is 1. The molecule has 0 N–H and O–H groups in total. The first-order valence-corrected chi connectivity index (χ1v) is 8.26. The molecule has 0 fully saturated rings. The van der Waals surface area contributed by atoms with E-state index in [4.69, 9.17) is 4.74 Å². The first-order chi connectivity index (χ1) is 10.6. The number of aromatic nitrogens is 1. The second-order valence-corrected chi connectivity index (χ2v) is 5.80. The Labute approximate surface area is 133 Å². The zero-order valence-electron chi connectivity index (χ0n) is 13.1. The highest BCUT2D eigenvalue weighted by molar-refractivity contribution is 7.16. The lowest BCUT2D eigenvalue weighted by molar-refractivity contribution is -0.143. The van der Waals surface area contributed by atoms with Gasteiger partial charge in [-0.15, -0.1) is 0 Å². The summed E-state index contributed by atoms with van der Waals surface area (Å²) in [6.07, 6.45) is 1.28. The third-order valence-electron chi connectivity index (χ3n) is 3.27. The fourth-order valence-corrected chi connectivity index (χ4v) is 3.21. The zero-order valence-corrected chi connectivity index (χ0v) is 13.9. The topological polar surface area (TPSA) is 60.7 Å². The van der Waals surface area contributed by atoms with Crippen LogP contribution in [-0.4, -0.2) is 23.1 Å². The van der Waals surface area contributed by atoms with Gasteiger partial charge in [0.1, 0.15) is 6.54 Å². The lowest BCUT2D eigenvalue weighted by atomic mass is 10.2. The quantitative estimate of drug-likeness (QED) is 0.796. The van der Waals surface area contributed by atoms with Gasteiger partial charge >= 0.3 is 5.97 Å². The van der Waals surface area contributed by atoms with Crippen molar-refractivity contribution >= 4 is 33.4 Å². The minimum atomic E-state index is -0.327. The molecular formula is C16H20N2O3S. The van der Waals surface area contributed by atoms with E-state index in [-0.39, 0.29) is 18.4 Å². The predicted molar refractivity (Wildman–Crippen MR) is 86.7 cm³/mol. The maximum Gasteiger partial charge on any atom is 0.326 e. The molecule has 2 aromatic rings. The molecule has 0 aliphatic carbocycles. The molecular weight excluding hydrogens is 300 g/mol. The number of fused-ring (bicyclic) bond motifs is 1. The van der Waals surface area contributed by atoms with Crippen molar-refractivity contribution in [2.45, 2.75) is 40.2 Å². The highest BCUT2D eigenvalue weighted by Gasteiger charge is 2.12. The molecule has 1 aromatic carbocycles. The Balaban J connectivity index is 2.57. The summed E-state index contributed by atoms with van der Waals surface area (Å²) in [5.41, 5.74) is 2.11. The first-order valence-electron chi connectivity index (χ1n) is 7.44. The number of ether oxygens (including phenoxy) is 1. The summed E-state index contributed by atoms with van der Waals surface area (Å²) < 4.78 is 7.79. The van der Waals surface area contributed by atoms with Crippen LogP contribution in [0.25, 0.3) is 10.2 Å². The number of amides is 1. The Kier molecular flexibility index (Phi) is 5.49. The number of rotatable bonds is 5. The Hall–Kier alpha value is -1.95. The van der Waals surface area contributed by atoms with E-state index in [1.807, 2.05) is 12.1 Å². The Morgan fingerprint density at radius 2 is 2.05 bits per heavy atom. The summed E-state index contributed by atoms with van der Waals surface area (Å²) >= 11 is 1.42. The van der Waals surface area contributed by atoms with Crippen molar-refractivity contribution in [2.24, 2.45) is 4.99 Å². The third-order valence-corrected chi connectivity index (χ3v) is 4.31. The van der Waals surface area contributed by atoms with Gasteiger partial charge in [-0.2, -0.15) is 4.99 Å². The van der Waals surface area contributed by atoms with E-state index in [1.54, 1.807) is 18.4 Å². The fraction of sp³-hybridized carbons (Fsp3) is 0.438. The van der Waals surface area contributed by atoms with Crippen LogP contribution in [0.2, 0.25) is 0 Å². The highest BCUT2D eigenvalue weighted by Crippen LogP contribution is 2.19. The standard InChI is InChI=1S/C16H20N2O3S/c1-4-11-7-8-12-13(9-11)22-16(17-14(19)5-2)18(12)10-15(20)21-6-3/h7-9H,4-6,10H2,1-3H3. The van der Waals surface area contributed by atoms with E-state index in [0.29, 0.717) is 17.8 Å². The number of esters is 1. The van der Waals surface area contributed by atoms with E-state index >= 15 is 0 Å². The molecule has 0 atom stereocenters. The Morgan fingerprint density at radius 3 is 2.68 bits per heavy atom. The van der Waals surface area contributed by atoms with Gasteiger partial charge in [0.05, 0.1) is 16.8 Å². The summed E-state index contributed by atoms with van der Waals surface area (Å²) in [6.45, 7) is 6.03. The number of aryl methyl sites for hydroxylation is 1. The predicted octanol–water partition coefficient (Wildman–Crippen LogP) is 2.67. The average Bonchev–Trinajstić information content (AvgIpc) is 2.84. The molecule has 0 bridgehead atoms. The maximum atomic E-state index is 11.8. The Morgan fingerprint density at radius 1 is 1.27 bits per heavy atom. The minimum absolute atomic E-state index is 0.0646. The van der Waals surface area contributed by atoms with Gasteiger partial charge in [0, 0.05) is 6.42 Å². The summed E-state index contributed by atoms with van der Waals surface area (Å²) in [5.74, 6) is -0.521. The van der Waals surface area contributed by atoms with Crippen LogP contribution in [0.4, 0.5) is 0 Å². The van der Waals surface area contributed by atoms with Crippen LogP contribution < -0.4 is 4.80 Å². The molecule has 0 radical (unpaired) electrons. The molecule has 22 heavy (non-hydrogen) atoms. The van der Waals surface area contributed by atoms with Crippen LogP contribution in [0, 0.1) is 0 Å². The summed E-state index contributed by atoms with van der Waals surface area (Å²) in [7, 11) is 0. The van der Waals surface area contributed by atoms with Gasteiger partial charge in [-0.25, -0.2) is 0 Å². The van der Waals surface area contributed by atoms with Crippen molar-refractivity contribution in [2.75, 3.05) is 6.61 Å². The molecule has 0 saturated carbocycles. The first kappa shape index (κ1) is 16.4. The second kappa shape index (κ2) is 7.35. The molecule has 0 spiro atoms. The van der Waals surface area contributed by atoms with Crippen molar-refractivity contribution in [1.29, 1.82) is 0 Å². The van der Waals surface area contributed by atoms with Crippen LogP contribution in [0.3, 0.4) is 0 Å². The van der Waals surface area contributed by atoms with Crippen LogP contribution in [0.15, 0.2) is 23.2 Å². The van der Waals surface area contributed by atoms with E-state index in [2.05, 4.69) is 18.0 Å². The molecule has 1 heterocycles. The van der Waals surface area contributed by atoms with Crippen LogP contribution in [-0.2, 0) is 27.3 Å². The van der Waals surface area contributed by atoms with Crippen molar-refractivity contribution in [3.05, 3.63) is 28.6 Å². The molecule has 0 aliphatic heterocycles. The van der Waals surface area contributed by atoms with Gasteiger partial charge in [0.15, 0.2) is 4.80 Å². The largest absolute Gasteiger partial charge is 0.465 e. The van der Waals surface area contributed by atoms with Crippen molar-refractivity contribution in [3.63, 3.8) is 0 Å². The molecule has 5 nitrogen and oxygen atoms in total. The summed E-state index contributed by atoms with van der Waals surface area (Å²) in [6, 6.07) is 6.08. The number of nitrogens with zero attached hydrogens (tertiary/aromatic N) is 2. The molecule has 118 valence electrons. The third kappa shape index (κ3) is 3.62. The van der Waals surface area contributed by atoms with Crippen LogP contribution in [0.1, 0.15) is 32.8 Å². The number of carbonyl (C=O) groups excluding carboxylic acids is 2. The van der Waals surface area contributed by atoms with E-state index in [9.17, 15) is 9.59 Å².